The molecule has 4 rings (SSSR count). The molecule has 0 unspecified atom stereocenters. The van der Waals surface area contributed by atoms with Crippen LogP contribution in [0, 0.1) is 17.7 Å². The zero-order valence-corrected chi connectivity index (χ0v) is 18.9. The second-order valence-electron chi connectivity index (χ2n) is 8.19. The number of hydrogen-bond acceptors (Lipinski definition) is 5. The summed E-state index contributed by atoms with van der Waals surface area (Å²) in [7, 11) is 0. The van der Waals surface area contributed by atoms with Crippen molar-refractivity contribution in [2.24, 2.45) is 5.73 Å². The zero-order chi connectivity index (χ0) is 24.2. The first-order valence-electron chi connectivity index (χ1n) is 11.0. The molecule has 34 heavy (non-hydrogen) atoms. The minimum absolute atomic E-state index is 0.104. The van der Waals surface area contributed by atoms with Gasteiger partial charge >= 0.3 is 0 Å². The van der Waals surface area contributed by atoms with Crippen LogP contribution in [0.15, 0.2) is 36.7 Å². The summed E-state index contributed by atoms with van der Waals surface area (Å²) in [6, 6.07) is 6.36. The van der Waals surface area contributed by atoms with Gasteiger partial charge in [-0.1, -0.05) is 24.1 Å². The lowest BCUT2D eigenvalue weighted by atomic mass is 10.1. The van der Waals surface area contributed by atoms with Crippen LogP contribution in [0.25, 0.3) is 11.3 Å². The summed E-state index contributed by atoms with van der Waals surface area (Å²) in [5, 5.41) is 8.94. The van der Waals surface area contributed by atoms with Crippen LogP contribution in [0.3, 0.4) is 0 Å². The Bertz CT molecular complexity index is 1280. The molecule has 0 spiro atoms. The van der Waals surface area contributed by atoms with Crippen molar-refractivity contribution in [2.75, 3.05) is 18.8 Å². The van der Waals surface area contributed by atoms with E-state index in [4.69, 9.17) is 11.5 Å². The van der Waals surface area contributed by atoms with Gasteiger partial charge in [-0.05, 0) is 38.2 Å². The summed E-state index contributed by atoms with van der Waals surface area (Å²) in [5.41, 5.74) is 13.5. The maximum atomic E-state index is 14.0. The van der Waals surface area contributed by atoms with Crippen LogP contribution < -0.4 is 11.5 Å². The first-order valence-corrected chi connectivity index (χ1v) is 11.0. The third-order valence-corrected chi connectivity index (χ3v) is 5.95. The number of anilines is 1. The Kier molecular flexibility index (Phi) is 6.63. The Hall–Kier alpha value is -4.13. The highest BCUT2D eigenvalue weighted by atomic mass is 19.1. The second-order valence-corrected chi connectivity index (χ2v) is 8.19. The van der Waals surface area contributed by atoms with Crippen LogP contribution in [-0.4, -0.2) is 49.4 Å². The number of carbonyl (C=O) groups is 2. The van der Waals surface area contributed by atoms with Gasteiger partial charge in [0.25, 0.3) is 11.8 Å². The number of nitrogens with zero attached hydrogens (tertiary/aromatic N) is 5. The normalized spacial score (nSPS) is 15.9. The molecule has 1 aromatic carbocycles. The lowest BCUT2D eigenvalue weighted by molar-refractivity contribution is -0.125. The quantitative estimate of drug-likeness (QED) is 0.561. The number of nitrogens with two attached hydrogens (primary N) is 2. The molecule has 2 aromatic heterocycles. The molecule has 0 bridgehead atoms. The third-order valence-electron chi connectivity index (χ3n) is 5.95. The molecule has 3 heterocycles. The highest BCUT2D eigenvalue weighted by molar-refractivity contribution is 6.03. The van der Waals surface area contributed by atoms with Gasteiger partial charge < -0.3 is 16.4 Å². The largest absolute Gasteiger partial charge is 0.383 e. The van der Waals surface area contributed by atoms with E-state index >= 15 is 0 Å². The average Bonchev–Trinajstić information content (AvgIpc) is 3.31. The molecule has 1 saturated heterocycles. The second kappa shape index (κ2) is 9.79. The Labute approximate surface area is 196 Å². The number of primary amides is 1. The first-order chi connectivity index (χ1) is 16.4. The summed E-state index contributed by atoms with van der Waals surface area (Å²) in [6.07, 6.45) is 5.34. The minimum atomic E-state index is -0.691. The highest BCUT2D eigenvalue weighted by Gasteiger charge is 2.28. The molecule has 2 amide bonds. The molecule has 0 radical (unpaired) electrons. The predicted molar refractivity (Wildman–Crippen MR) is 125 cm³/mol. The van der Waals surface area contributed by atoms with Crippen molar-refractivity contribution in [1.29, 1.82) is 0 Å². The van der Waals surface area contributed by atoms with E-state index in [1.165, 1.54) is 6.07 Å². The molecule has 1 aliphatic rings. The van der Waals surface area contributed by atoms with Crippen LogP contribution in [-0.2, 0) is 11.3 Å². The molecule has 176 valence electrons. The molecule has 0 saturated carbocycles. The summed E-state index contributed by atoms with van der Waals surface area (Å²) >= 11 is 0. The molecule has 4 N–H and O–H groups in total. The van der Waals surface area contributed by atoms with Gasteiger partial charge in [-0.15, -0.1) is 0 Å². The fourth-order valence-electron chi connectivity index (χ4n) is 4.26. The smallest absolute Gasteiger partial charge is 0.298 e. The van der Waals surface area contributed by atoms with Gasteiger partial charge in [-0.3, -0.25) is 14.3 Å². The number of carbonyl (C=O) groups excluding carboxylic acids is 2. The maximum absolute atomic E-state index is 14.0. The van der Waals surface area contributed by atoms with Crippen LogP contribution in [0.5, 0.6) is 0 Å². The molecular weight excluding hydrogens is 437 g/mol. The molecule has 9 nitrogen and oxygen atoms in total. The zero-order valence-electron chi connectivity index (χ0n) is 18.9. The van der Waals surface area contributed by atoms with Crippen molar-refractivity contribution in [2.45, 2.75) is 38.8 Å². The van der Waals surface area contributed by atoms with Gasteiger partial charge in [-0.2, -0.15) is 10.2 Å². The Morgan fingerprint density at radius 2 is 2.03 bits per heavy atom. The molecular formula is C24H26FN7O2. The lowest BCUT2D eigenvalue weighted by Gasteiger charge is -2.18. The van der Waals surface area contributed by atoms with E-state index in [-0.39, 0.29) is 35.7 Å². The number of halogens is 1. The van der Waals surface area contributed by atoms with E-state index in [0.717, 1.165) is 12.8 Å². The molecule has 3 aromatic rings. The SMILES string of the molecule is CC#CC(=O)N1CCC[C@H](n2nc(-c3cnn(Cc4ccccc4F)c3)c(C(N)=O)c2N)CC1. The predicted octanol–water partition coefficient (Wildman–Crippen LogP) is 2.19. The average molecular weight is 464 g/mol. The Morgan fingerprint density at radius 1 is 1.24 bits per heavy atom. The molecule has 1 aliphatic heterocycles. The standard InChI is InChI=1S/C24H26FN7O2/c1-2-6-20(33)30-11-5-8-18(10-12-30)32-23(26)21(24(27)34)22(29-32)17-13-28-31(15-17)14-16-7-3-4-9-19(16)25/h3-4,7,9,13,15,18H,5,8,10-12,14,26H2,1H3,(H2,27,34)/t18-/m0/s1. The van der Waals surface area contributed by atoms with E-state index in [2.05, 4.69) is 22.0 Å². The monoisotopic (exact) mass is 463 g/mol. The van der Waals surface area contributed by atoms with Crippen molar-refractivity contribution in [3.8, 4) is 23.1 Å². The van der Waals surface area contributed by atoms with Gasteiger partial charge in [-0.25, -0.2) is 9.07 Å². The minimum Gasteiger partial charge on any atom is -0.383 e. The first kappa shape index (κ1) is 23.0. The number of aromatic nitrogens is 4. The van der Waals surface area contributed by atoms with E-state index in [1.807, 2.05) is 0 Å². The topological polar surface area (TPSA) is 125 Å². The highest BCUT2D eigenvalue weighted by Crippen LogP contribution is 2.32. The fraction of sp³-hybridized carbons (Fsp3) is 0.333. The van der Waals surface area contributed by atoms with E-state index in [0.29, 0.717) is 36.3 Å². The number of benzene rings is 1. The van der Waals surface area contributed by atoms with Gasteiger partial charge in [0.15, 0.2) is 0 Å². The van der Waals surface area contributed by atoms with Crippen LogP contribution in [0.1, 0.15) is 48.1 Å². The van der Waals surface area contributed by atoms with Gasteiger partial charge in [0.1, 0.15) is 22.9 Å². The van der Waals surface area contributed by atoms with Gasteiger partial charge in [0.2, 0.25) is 0 Å². The summed E-state index contributed by atoms with van der Waals surface area (Å²) in [5.74, 6) is 4.19. The Balaban J connectivity index is 1.61. The summed E-state index contributed by atoms with van der Waals surface area (Å²) in [6.45, 7) is 2.97. The molecule has 1 fully saturated rings. The van der Waals surface area contributed by atoms with Crippen molar-refractivity contribution in [1.82, 2.24) is 24.5 Å². The lowest BCUT2D eigenvalue weighted by Crippen LogP contribution is -2.31. The number of likely N-dealkylation sites (tertiary alicyclic amines) is 1. The van der Waals surface area contributed by atoms with Crippen LogP contribution in [0.4, 0.5) is 10.2 Å². The molecule has 10 heteroatoms. The van der Waals surface area contributed by atoms with Crippen LogP contribution >= 0.6 is 0 Å². The fourth-order valence-corrected chi connectivity index (χ4v) is 4.26. The van der Waals surface area contributed by atoms with E-state index in [1.54, 1.807) is 51.8 Å². The van der Waals surface area contributed by atoms with Gasteiger partial charge in [0.05, 0.1) is 18.8 Å². The Morgan fingerprint density at radius 3 is 2.76 bits per heavy atom. The van der Waals surface area contributed by atoms with E-state index in [9.17, 15) is 14.0 Å². The van der Waals surface area contributed by atoms with Crippen molar-refractivity contribution >= 4 is 17.6 Å². The van der Waals surface area contributed by atoms with E-state index < -0.39 is 5.91 Å². The van der Waals surface area contributed by atoms with Crippen molar-refractivity contribution in [3.63, 3.8) is 0 Å². The van der Waals surface area contributed by atoms with Crippen molar-refractivity contribution < 1.29 is 14.0 Å². The van der Waals surface area contributed by atoms with Gasteiger partial charge in [0, 0.05) is 30.4 Å². The van der Waals surface area contributed by atoms with Crippen molar-refractivity contribution in [3.05, 3.63) is 53.6 Å². The third kappa shape index (κ3) is 4.64. The molecule has 0 aliphatic carbocycles. The summed E-state index contributed by atoms with van der Waals surface area (Å²) in [4.78, 5) is 26.2. The maximum Gasteiger partial charge on any atom is 0.298 e. The summed E-state index contributed by atoms with van der Waals surface area (Å²) < 4.78 is 17.2. The number of nitrogen functional groups attached to an aromatic ring is 1. The molecule has 1 atom stereocenters. The number of amides is 2. The van der Waals surface area contributed by atoms with Crippen LogP contribution in [0.2, 0.25) is 0 Å². The number of hydrogen-bond donors (Lipinski definition) is 2. The number of rotatable bonds is 5.